The molecule has 1 aliphatic rings. The Balaban J connectivity index is 2.65. The highest BCUT2D eigenvalue weighted by atomic mass is 16.3. The molecule has 0 unspecified atom stereocenters. The Morgan fingerprint density at radius 3 is 2.65 bits per heavy atom. The molecular weight excluding hydrogens is 210 g/mol. The molecule has 0 saturated heterocycles. The summed E-state index contributed by atoms with van der Waals surface area (Å²) in [4.78, 5) is 0. The molecule has 17 heavy (non-hydrogen) atoms. The van der Waals surface area contributed by atoms with Gasteiger partial charge in [-0.05, 0) is 22.9 Å². The highest BCUT2D eigenvalue weighted by Crippen LogP contribution is 2.01. The third-order valence-electron chi connectivity index (χ3n) is 3.01. The Morgan fingerprint density at radius 1 is 1.24 bits per heavy atom. The fourth-order valence-electron chi connectivity index (χ4n) is 1.89. The average Bonchev–Trinajstić information content (AvgIpc) is 2.36. The zero-order chi connectivity index (χ0) is 12.4. The van der Waals surface area contributed by atoms with E-state index in [1.165, 1.54) is 10.9 Å². The summed E-state index contributed by atoms with van der Waals surface area (Å²) < 4.78 is 2.09. The van der Waals surface area contributed by atoms with Crippen molar-refractivity contribution in [3.63, 3.8) is 0 Å². The molecule has 0 atom stereocenters. The first kappa shape index (κ1) is 11.6. The fourth-order valence-corrected chi connectivity index (χ4v) is 1.89. The Morgan fingerprint density at radius 2 is 2.00 bits per heavy atom. The van der Waals surface area contributed by atoms with Crippen LogP contribution in [0.4, 0.5) is 0 Å². The molecular formula is C15H18NO+. The maximum Gasteiger partial charge on any atom is 0.200 e. The molecule has 0 aliphatic heterocycles. The summed E-state index contributed by atoms with van der Waals surface area (Å²) in [5, 5.41) is 11.9. The van der Waals surface area contributed by atoms with Gasteiger partial charge in [-0.1, -0.05) is 19.1 Å². The Bertz CT molecular complexity index is 617. The van der Waals surface area contributed by atoms with E-state index in [4.69, 9.17) is 0 Å². The minimum absolute atomic E-state index is 0.448. The monoisotopic (exact) mass is 228 g/mol. The smallest absolute Gasteiger partial charge is 0.200 e. The van der Waals surface area contributed by atoms with Crippen LogP contribution in [-0.2, 0) is 0 Å². The summed E-state index contributed by atoms with van der Waals surface area (Å²) in [6, 6.07) is 6.07. The van der Waals surface area contributed by atoms with Gasteiger partial charge in [-0.2, -0.15) is 0 Å². The number of hydrogen-bond donors (Lipinski definition) is 1. The molecule has 0 radical (unpaired) electrons. The van der Waals surface area contributed by atoms with Crippen molar-refractivity contribution in [1.82, 2.24) is 0 Å². The number of allylic oxidation sites excluding steroid dienone is 1. The van der Waals surface area contributed by atoms with Crippen LogP contribution in [0.3, 0.4) is 0 Å². The van der Waals surface area contributed by atoms with Crippen LogP contribution in [0.15, 0.2) is 24.3 Å². The van der Waals surface area contributed by atoms with Crippen LogP contribution in [0.25, 0.3) is 17.9 Å². The number of aliphatic hydroxyl groups is 1. The zero-order valence-electron chi connectivity index (χ0n) is 10.6. The van der Waals surface area contributed by atoms with Gasteiger partial charge in [0.25, 0.3) is 0 Å². The first-order valence-electron chi connectivity index (χ1n) is 5.88. The van der Waals surface area contributed by atoms with Crippen molar-refractivity contribution < 1.29 is 9.68 Å². The standard InChI is InChI=1S/C15H17NO/c1-4-15(17)13-6-5-12-10-14(16(2)3)8-7-11(12)9-13/h5-10H,4H2,1-3H3/p+1. The predicted molar refractivity (Wildman–Crippen MR) is 72.6 cm³/mol. The quantitative estimate of drug-likeness (QED) is 0.719. The van der Waals surface area contributed by atoms with Crippen LogP contribution in [0, 0.1) is 0 Å². The van der Waals surface area contributed by atoms with Crippen molar-refractivity contribution >= 4 is 23.6 Å². The SMILES string of the molecule is CC/C(O)=c1\ccc2c(c1)C=CC(=[N+](C)C)C=2. The number of nitrogens with zero attached hydrogens (tertiary/aromatic N) is 1. The lowest BCUT2D eigenvalue weighted by Gasteiger charge is -2.03. The number of fused-ring (bicyclic) bond motifs is 1. The minimum Gasteiger partial charge on any atom is -0.512 e. The molecule has 1 aromatic carbocycles. The van der Waals surface area contributed by atoms with Gasteiger partial charge in [-0.15, -0.1) is 0 Å². The molecule has 2 heteroatoms. The van der Waals surface area contributed by atoms with E-state index in [2.05, 4.69) is 28.9 Å². The lowest BCUT2D eigenvalue weighted by Crippen LogP contribution is -2.20. The van der Waals surface area contributed by atoms with E-state index < -0.39 is 0 Å². The molecule has 0 heterocycles. The van der Waals surface area contributed by atoms with E-state index in [9.17, 15) is 5.11 Å². The number of rotatable bonds is 1. The zero-order valence-corrected chi connectivity index (χ0v) is 10.6. The summed E-state index contributed by atoms with van der Waals surface area (Å²) in [6.45, 7) is 1.95. The lowest BCUT2D eigenvalue weighted by atomic mass is 10.0. The highest BCUT2D eigenvalue weighted by molar-refractivity contribution is 6.17. The normalized spacial score (nSPS) is 15.1. The number of aliphatic hydroxyl groups excluding tert-OH is 1. The van der Waals surface area contributed by atoms with Crippen molar-refractivity contribution in [2.75, 3.05) is 14.1 Å². The molecule has 0 aromatic heterocycles. The van der Waals surface area contributed by atoms with E-state index in [1.807, 2.05) is 33.2 Å². The summed E-state index contributed by atoms with van der Waals surface area (Å²) in [5.41, 5.74) is 2.35. The average molecular weight is 228 g/mol. The van der Waals surface area contributed by atoms with Crippen molar-refractivity contribution in [2.24, 2.45) is 0 Å². The van der Waals surface area contributed by atoms with Crippen molar-refractivity contribution in [3.8, 4) is 0 Å². The topological polar surface area (TPSA) is 23.2 Å². The van der Waals surface area contributed by atoms with Crippen LogP contribution >= 0.6 is 0 Å². The van der Waals surface area contributed by atoms with Crippen molar-refractivity contribution in [1.29, 1.82) is 0 Å². The van der Waals surface area contributed by atoms with Crippen molar-refractivity contribution in [3.05, 3.63) is 40.3 Å². The number of hydrogen-bond acceptors (Lipinski definition) is 1. The Labute approximate surface area is 102 Å². The molecule has 0 amide bonds. The van der Waals surface area contributed by atoms with Gasteiger partial charge in [-0.3, -0.25) is 0 Å². The second-order valence-corrected chi connectivity index (χ2v) is 4.44. The summed E-state index contributed by atoms with van der Waals surface area (Å²) >= 11 is 0. The van der Waals surface area contributed by atoms with Crippen LogP contribution in [0.5, 0.6) is 0 Å². The number of benzene rings is 1. The highest BCUT2D eigenvalue weighted by Gasteiger charge is 2.06. The summed E-state index contributed by atoms with van der Waals surface area (Å²) in [6.07, 6.45) is 7.01. The molecule has 1 aromatic rings. The lowest BCUT2D eigenvalue weighted by molar-refractivity contribution is -0.462. The van der Waals surface area contributed by atoms with Crippen LogP contribution in [0.1, 0.15) is 18.9 Å². The second kappa shape index (κ2) is 4.58. The molecule has 0 fully saturated rings. The third kappa shape index (κ3) is 2.31. The summed E-state index contributed by atoms with van der Waals surface area (Å²) in [7, 11) is 4.07. The van der Waals surface area contributed by atoms with Gasteiger partial charge < -0.3 is 5.11 Å². The van der Waals surface area contributed by atoms with Crippen molar-refractivity contribution in [2.45, 2.75) is 13.3 Å². The van der Waals surface area contributed by atoms with Crippen LogP contribution < -0.4 is 10.4 Å². The van der Waals surface area contributed by atoms with E-state index in [0.29, 0.717) is 12.2 Å². The molecule has 2 rings (SSSR count). The Kier molecular flexibility index (Phi) is 3.14. The van der Waals surface area contributed by atoms with Crippen LogP contribution in [-0.4, -0.2) is 29.5 Å². The van der Waals surface area contributed by atoms with Gasteiger partial charge in [0.05, 0.1) is 5.76 Å². The second-order valence-electron chi connectivity index (χ2n) is 4.44. The van der Waals surface area contributed by atoms with Gasteiger partial charge in [-0.25, -0.2) is 4.58 Å². The molecule has 0 saturated carbocycles. The molecule has 0 spiro atoms. The van der Waals surface area contributed by atoms with Gasteiger partial charge in [0, 0.05) is 23.8 Å². The van der Waals surface area contributed by atoms with Gasteiger partial charge in [0.1, 0.15) is 14.1 Å². The van der Waals surface area contributed by atoms with E-state index in [1.54, 1.807) is 0 Å². The van der Waals surface area contributed by atoms with E-state index in [0.717, 1.165) is 10.8 Å². The molecule has 88 valence electrons. The predicted octanol–water partition coefficient (Wildman–Crippen LogP) is 1.28. The summed E-state index contributed by atoms with van der Waals surface area (Å²) in [5.74, 6) is 0.448. The van der Waals surface area contributed by atoms with E-state index in [-0.39, 0.29) is 0 Å². The van der Waals surface area contributed by atoms with Gasteiger partial charge in [0.2, 0.25) is 0 Å². The first-order valence-corrected chi connectivity index (χ1v) is 5.88. The maximum atomic E-state index is 9.74. The van der Waals surface area contributed by atoms with Gasteiger partial charge in [0.15, 0.2) is 5.71 Å². The largest absolute Gasteiger partial charge is 0.512 e. The van der Waals surface area contributed by atoms with E-state index >= 15 is 0 Å². The Hall–Kier alpha value is -1.83. The van der Waals surface area contributed by atoms with Gasteiger partial charge >= 0.3 is 0 Å². The molecule has 1 N–H and O–H groups in total. The van der Waals surface area contributed by atoms with Crippen LogP contribution in [0.2, 0.25) is 0 Å². The molecule has 0 bridgehead atoms. The molecule has 1 aliphatic carbocycles. The molecule has 2 nitrogen and oxygen atoms in total. The minimum atomic E-state index is 0.448. The maximum absolute atomic E-state index is 9.74. The first-order chi connectivity index (χ1) is 8.11. The fraction of sp³-hybridized carbons (Fsp3) is 0.267. The third-order valence-corrected chi connectivity index (χ3v) is 3.01.